The van der Waals surface area contributed by atoms with Gasteiger partial charge in [-0.15, -0.1) is 0 Å². The molecule has 0 amide bonds. The second kappa shape index (κ2) is 19.8. The Morgan fingerprint density at radius 3 is 2.21 bits per heavy atom. The van der Waals surface area contributed by atoms with E-state index in [0.717, 1.165) is 59.5 Å². The van der Waals surface area contributed by atoms with E-state index < -0.39 is 37.4 Å². The summed E-state index contributed by atoms with van der Waals surface area (Å²) in [7, 11) is -5.60. The fourth-order valence-corrected chi connectivity index (χ4v) is 10.4. The minimum Gasteiger partial charge on any atom is -0.748 e. The van der Waals surface area contributed by atoms with Crippen molar-refractivity contribution in [2.75, 3.05) is 51.2 Å². The molecule has 0 saturated carbocycles. The van der Waals surface area contributed by atoms with Crippen LogP contribution in [0, 0.1) is 0 Å². The lowest BCUT2D eigenvalue weighted by Gasteiger charge is -2.31. The number of ether oxygens (including phenoxy) is 2. The lowest BCUT2D eigenvalue weighted by Crippen LogP contribution is -2.31. The zero-order valence-electron chi connectivity index (χ0n) is 36.7. The summed E-state index contributed by atoms with van der Waals surface area (Å²) in [5.74, 6) is -1.31. The molecule has 6 rings (SSSR count). The molecule has 4 aromatic rings. The monoisotopic (exact) mass is 898 g/mol. The maximum absolute atomic E-state index is 12.0. The number of methoxy groups -OCH3 is 2. The van der Waals surface area contributed by atoms with Crippen molar-refractivity contribution in [3.05, 3.63) is 126 Å². The van der Waals surface area contributed by atoms with Crippen LogP contribution in [0.5, 0.6) is 0 Å². The molecule has 2 heterocycles. The minimum absolute atomic E-state index is 0.106. The molecule has 63 heavy (non-hydrogen) atoms. The van der Waals surface area contributed by atoms with Gasteiger partial charge in [-0.05, 0) is 116 Å². The summed E-state index contributed by atoms with van der Waals surface area (Å²) in [6, 6.07) is 19.1. The molecule has 1 atom stereocenters. The average molecular weight is 899 g/mol. The maximum Gasteiger partial charge on any atom is 0.303 e. The quantitative estimate of drug-likeness (QED) is 0.0354. The van der Waals surface area contributed by atoms with E-state index in [2.05, 4.69) is 59.7 Å². The van der Waals surface area contributed by atoms with Crippen LogP contribution in [0.15, 0.2) is 114 Å². The van der Waals surface area contributed by atoms with Gasteiger partial charge in [0.2, 0.25) is 5.69 Å². The molecule has 12 nitrogen and oxygen atoms in total. The van der Waals surface area contributed by atoms with Gasteiger partial charge in [-0.25, -0.2) is 8.42 Å². The van der Waals surface area contributed by atoms with E-state index in [1.54, 1.807) is 26.4 Å². The average Bonchev–Trinajstić information content (AvgIpc) is 3.59. The van der Waals surface area contributed by atoms with Crippen molar-refractivity contribution in [1.82, 2.24) is 0 Å². The summed E-state index contributed by atoms with van der Waals surface area (Å²) in [5.41, 5.74) is 6.25. The molecule has 0 aliphatic carbocycles. The second-order valence-corrected chi connectivity index (χ2v) is 19.9. The van der Waals surface area contributed by atoms with Crippen molar-refractivity contribution in [2.45, 2.75) is 81.4 Å². The van der Waals surface area contributed by atoms with Crippen molar-refractivity contribution in [3.8, 4) is 0 Å². The smallest absolute Gasteiger partial charge is 0.303 e. The molecule has 2 aliphatic heterocycles. The number of carboxylic acids is 1. The van der Waals surface area contributed by atoms with E-state index in [0.29, 0.717) is 38.0 Å². The van der Waals surface area contributed by atoms with Crippen molar-refractivity contribution in [1.29, 1.82) is 0 Å². The molecule has 336 valence electrons. The number of nitrogens with zero attached hydrogens (tertiary/aromatic N) is 2. The molecular formula is C49H58N2O10S2. The number of allylic oxidation sites excluding steroid dienone is 8. The van der Waals surface area contributed by atoms with E-state index in [9.17, 15) is 35.8 Å². The normalized spacial score (nSPS) is 18.3. The van der Waals surface area contributed by atoms with Gasteiger partial charge in [0.1, 0.15) is 6.54 Å². The Morgan fingerprint density at radius 2 is 1.49 bits per heavy atom. The third-order valence-electron chi connectivity index (χ3n) is 12.3. The van der Waals surface area contributed by atoms with Crippen LogP contribution < -0.4 is 4.90 Å². The van der Waals surface area contributed by atoms with Crippen LogP contribution in [0.1, 0.15) is 76.0 Å². The number of carboxylic acid groups (broad SMARTS) is 1. The van der Waals surface area contributed by atoms with Gasteiger partial charge in [-0.1, -0.05) is 60.7 Å². The predicted octanol–water partition coefficient (Wildman–Crippen LogP) is 8.75. The molecule has 2 aliphatic rings. The lowest BCUT2D eigenvalue weighted by molar-refractivity contribution is -0.438. The third kappa shape index (κ3) is 10.7. The summed E-state index contributed by atoms with van der Waals surface area (Å²) in [4.78, 5) is 13.1. The SMILES string of the molecule is COCCc1ccc2c3c(ccc2c1)[N+](CCCCCC(=O)O)=C(C=CC=CC=CC=C1N(CCOC)c2ccc4cc(S(=O)(=O)O)ccc4c2C1(C)CCCS(=O)(=O)[O-])C3(C)C. The standard InChI is InChI=1S/C49H58N2O10S2/c1-48(2)43(50(28-13-9-12-17-45(52)53)41-24-19-36-33-35(26-30-60-4)18-22-39(36)46(41)48)15-10-7-6-8-11-16-44-49(3,27-14-32-62(54,55)56)47-40-23-21-38(63(57,58)59)34-37(40)20-25-42(47)51(44)29-31-61-5/h6-8,10-11,15-16,18-25,33-34H,9,12-14,17,26-32H2,1-5H3,(H2-,52,53,54,55,56,57,58,59). The van der Waals surface area contributed by atoms with Crippen LogP contribution in [0.25, 0.3) is 21.5 Å². The number of fused-ring (bicyclic) bond motifs is 6. The number of carbonyl (C=O) groups is 1. The molecule has 2 N–H and O–H groups in total. The molecule has 4 aromatic carbocycles. The maximum atomic E-state index is 12.0. The van der Waals surface area contributed by atoms with Crippen LogP contribution >= 0.6 is 0 Å². The Morgan fingerprint density at radius 1 is 0.810 bits per heavy atom. The van der Waals surface area contributed by atoms with Gasteiger partial charge >= 0.3 is 5.97 Å². The molecule has 0 bridgehead atoms. The summed E-state index contributed by atoms with van der Waals surface area (Å²) >= 11 is 0. The van der Waals surface area contributed by atoms with Gasteiger partial charge in [-0.2, -0.15) is 13.0 Å². The second-order valence-electron chi connectivity index (χ2n) is 17.0. The number of rotatable bonds is 21. The van der Waals surface area contributed by atoms with Crippen molar-refractivity contribution in [3.63, 3.8) is 0 Å². The minimum atomic E-state index is -4.47. The molecule has 0 saturated heterocycles. The highest BCUT2D eigenvalue weighted by Gasteiger charge is 2.46. The van der Waals surface area contributed by atoms with Gasteiger partial charge in [0.05, 0.1) is 33.6 Å². The van der Waals surface area contributed by atoms with Gasteiger partial charge in [0.25, 0.3) is 10.1 Å². The highest BCUT2D eigenvalue weighted by Crippen LogP contribution is 2.53. The number of benzene rings is 4. The topological polar surface area (TPSA) is 174 Å². The fraction of sp³-hybridized carbons (Fsp3) is 0.388. The number of anilines is 1. The van der Waals surface area contributed by atoms with Crippen molar-refractivity contribution in [2.24, 2.45) is 0 Å². The zero-order chi connectivity index (χ0) is 45.6. The Kier molecular flexibility index (Phi) is 15.0. The van der Waals surface area contributed by atoms with E-state index in [-0.39, 0.29) is 23.2 Å². The first-order chi connectivity index (χ1) is 29.9. The number of hydrogen-bond acceptors (Lipinski definition) is 9. The summed E-state index contributed by atoms with van der Waals surface area (Å²) in [6.45, 7) is 8.77. The van der Waals surface area contributed by atoms with Gasteiger partial charge in [0.15, 0.2) is 5.71 Å². The van der Waals surface area contributed by atoms with Crippen LogP contribution in [0.4, 0.5) is 11.4 Å². The Hall–Kier alpha value is -4.96. The van der Waals surface area contributed by atoms with Crippen molar-refractivity contribution < 1.29 is 49.9 Å². The first-order valence-corrected chi connectivity index (χ1v) is 24.3. The molecule has 1 unspecified atom stereocenters. The van der Waals surface area contributed by atoms with Crippen LogP contribution in [0.2, 0.25) is 0 Å². The van der Waals surface area contributed by atoms with Gasteiger partial charge < -0.3 is 24.0 Å². The van der Waals surface area contributed by atoms with Crippen LogP contribution in [-0.2, 0) is 51.8 Å². The van der Waals surface area contributed by atoms with Crippen molar-refractivity contribution >= 4 is 64.8 Å². The largest absolute Gasteiger partial charge is 0.748 e. The van der Waals surface area contributed by atoms with E-state index in [4.69, 9.17) is 9.47 Å². The molecule has 14 heteroatoms. The Bertz CT molecular complexity index is 2750. The summed E-state index contributed by atoms with van der Waals surface area (Å²) < 4.78 is 82.2. The molecule has 0 fully saturated rings. The molecule has 0 spiro atoms. The molecule has 0 radical (unpaired) electrons. The van der Waals surface area contributed by atoms with E-state index in [1.165, 1.54) is 34.0 Å². The highest BCUT2D eigenvalue weighted by atomic mass is 32.2. The van der Waals surface area contributed by atoms with Crippen LogP contribution in [0.3, 0.4) is 0 Å². The number of aliphatic carboxylic acids is 1. The zero-order valence-corrected chi connectivity index (χ0v) is 38.3. The summed E-state index contributed by atoms with van der Waals surface area (Å²) in [6.07, 6.45) is 17.6. The molecule has 0 aromatic heterocycles. The first-order valence-electron chi connectivity index (χ1n) is 21.3. The predicted molar refractivity (Wildman–Crippen MR) is 248 cm³/mol. The molecular weight excluding hydrogens is 841 g/mol. The van der Waals surface area contributed by atoms with E-state index >= 15 is 0 Å². The number of unbranched alkanes of at least 4 members (excludes halogenated alkanes) is 2. The van der Waals surface area contributed by atoms with E-state index in [1.807, 2.05) is 49.4 Å². The highest BCUT2D eigenvalue weighted by molar-refractivity contribution is 7.86. The summed E-state index contributed by atoms with van der Waals surface area (Å²) in [5, 5.41) is 12.9. The van der Waals surface area contributed by atoms with Gasteiger partial charge in [-0.3, -0.25) is 9.35 Å². The fourth-order valence-electron chi connectivity index (χ4n) is 9.34. The van der Waals surface area contributed by atoms with Crippen LogP contribution in [-0.4, -0.2) is 93.6 Å². The third-order valence-corrected chi connectivity index (χ3v) is 13.9. The number of hydrogen-bond donors (Lipinski definition) is 2. The first kappa shape index (κ1) is 47.5. The Balaban J connectivity index is 1.32. The Labute approximate surface area is 371 Å². The lowest BCUT2D eigenvalue weighted by atomic mass is 9.76. The van der Waals surface area contributed by atoms with Gasteiger partial charge in [0, 0.05) is 73.9 Å².